The van der Waals surface area contributed by atoms with Crippen LogP contribution < -0.4 is 0 Å². The van der Waals surface area contributed by atoms with E-state index in [0.717, 1.165) is 10.8 Å². The van der Waals surface area contributed by atoms with Crippen LogP contribution in [0.15, 0.2) is 55.0 Å². The predicted molar refractivity (Wildman–Crippen MR) is 70.6 cm³/mol. The second-order valence-electron chi connectivity index (χ2n) is 4.32. The summed E-state index contributed by atoms with van der Waals surface area (Å²) in [6.45, 7) is 0. The molecule has 0 spiro atoms. The third-order valence-electron chi connectivity index (χ3n) is 2.95. The Kier molecular flexibility index (Phi) is 2.45. The lowest BCUT2D eigenvalue weighted by atomic mass is 10.0. The first-order valence-corrected chi connectivity index (χ1v) is 5.75. The smallest absolute Gasteiger partial charge is 0.212 e. The zero-order valence-corrected chi connectivity index (χ0v) is 10.00. The number of hydrogen-bond acceptors (Lipinski definition) is 2. The van der Waals surface area contributed by atoms with E-state index in [1.54, 1.807) is 17.1 Å². The predicted octanol–water partition coefficient (Wildman–Crippen LogP) is 2.80. The highest BCUT2D eigenvalue weighted by Gasteiger charge is 2.11. The largest absolute Gasteiger partial charge is 0.340 e. The van der Waals surface area contributed by atoms with E-state index >= 15 is 0 Å². The highest BCUT2D eigenvalue weighted by molar-refractivity contribution is 6.09. The van der Waals surface area contributed by atoms with Gasteiger partial charge in [0.2, 0.25) is 5.78 Å². The van der Waals surface area contributed by atoms with E-state index in [0.29, 0.717) is 11.3 Å². The Morgan fingerprint density at radius 1 is 1.11 bits per heavy atom. The van der Waals surface area contributed by atoms with E-state index in [2.05, 4.69) is 4.98 Å². The Morgan fingerprint density at radius 3 is 2.61 bits per heavy atom. The molecule has 0 aliphatic carbocycles. The molecule has 0 amide bonds. The highest BCUT2D eigenvalue weighted by Crippen LogP contribution is 2.17. The first kappa shape index (κ1) is 10.7. The van der Waals surface area contributed by atoms with E-state index in [1.807, 2.05) is 49.5 Å². The fourth-order valence-electron chi connectivity index (χ4n) is 2.01. The molecule has 0 atom stereocenters. The van der Waals surface area contributed by atoms with Gasteiger partial charge in [-0.2, -0.15) is 0 Å². The lowest BCUT2D eigenvalue weighted by molar-refractivity contribution is 0.103. The Morgan fingerprint density at radius 2 is 1.89 bits per heavy atom. The zero-order valence-electron chi connectivity index (χ0n) is 10.00. The van der Waals surface area contributed by atoms with Gasteiger partial charge in [-0.3, -0.25) is 4.79 Å². The summed E-state index contributed by atoms with van der Waals surface area (Å²) < 4.78 is 1.77. The number of benzene rings is 2. The number of hydrogen-bond donors (Lipinski definition) is 0. The number of fused-ring (bicyclic) bond motifs is 1. The van der Waals surface area contributed by atoms with Gasteiger partial charge in [0.25, 0.3) is 0 Å². The number of aromatic nitrogens is 2. The van der Waals surface area contributed by atoms with E-state index in [9.17, 15) is 4.79 Å². The number of rotatable bonds is 2. The highest BCUT2D eigenvalue weighted by atomic mass is 16.1. The third kappa shape index (κ3) is 1.80. The van der Waals surface area contributed by atoms with Crippen molar-refractivity contribution in [2.75, 3.05) is 0 Å². The van der Waals surface area contributed by atoms with Crippen molar-refractivity contribution in [1.29, 1.82) is 0 Å². The van der Waals surface area contributed by atoms with Crippen LogP contribution in [0.3, 0.4) is 0 Å². The standard InChI is InChI=1S/C15H12N2O/c1-17-9-14(16-10-17)15(18)13-7-6-11-4-2-3-5-12(11)8-13/h2-10H,1H3. The van der Waals surface area contributed by atoms with E-state index < -0.39 is 0 Å². The molecule has 0 aliphatic rings. The molecule has 3 nitrogen and oxygen atoms in total. The van der Waals surface area contributed by atoms with Crippen LogP contribution in [0.2, 0.25) is 0 Å². The van der Waals surface area contributed by atoms with Crippen molar-refractivity contribution in [1.82, 2.24) is 9.55 Å². The van der Waals surface area contributed by atoms with Crippen LogP contribution in [0.1, 0.15) is 16.1 Å². The molecule has 0 bridgehead atoms. The van der Waals surface area contributed by atoms with Crippen LogP contribution in [0.25, 0.3) is 10.8 Å². The number of ketones is 1. The van der Waals surface area contributed by atoms with Crippen LogP contribution in [0.5, 0.6) is 0 Å². The molecule has 3 rings (SSSR count). The fraction of sp³-hybridized carbons (Fsp3) is 0.0667. The SMILES string of the molecule is Cn1cnc(C(=O)c2ccc3ccccc3c2)c1. The molecular formula is C15H12N2O. The Balaban J connectivity index is 2.06. The Labute approximate surface area is 105 Å². The molecule has 2 aromatic carbocycles. The summed E-state index contributed by atoms with van der Waals surface area (Å²) in [6.07, 6.45) is 3.37. The van der Waals surface area contributed by atoms with Gasteiger partial charge in [0.1, 0.15) is 5.69 Å². The van der Waals surface area contributed by atoms with Gasteiger partial charge in [0, 0.05) is 18.8 Å². The first-order chi connectivity index (χ1) is 8.74. The average Bonchev–Trinajstić information content (AvgIpc) is 2.84. The summed E-state index contributed by atoms with van der Waals surface area (Å²) >= 11 is 0. The van der Waals surface area contributed by atoms with Crippen molar-refractivity contribution in [2.24, 2.45) is 7.05 Å². The van der Waals surface area contributed by atoms with Crippen molar-refractivity contribution < 1.29 is 4.79 Å². The van der Waals surface area contributed by atoms with E-state index in [4.69, 9.17) is 0 Å². The van der Waals surface area contributed by atoms with Crippen molar-refractivity contribution in [3.63, 3.8) is 0 Å². The van der Waals surface area contributed by atoms with Crippen molar-refractivity contribution in [3.8, 4) is 0 Å². The molecule has 0 aliphatic heterocycles. The molecule has 0 fully saturated rings. The number of aryl methyl sites for hydroxylation is 1. The summed E-state index contributed by atoms with van der Waals surface area (Å²) in [6, 6.07) is 13.7. The van der Waals surface area contributed by atoms with Crippen LogP contribution in [-0.4, -0.2) is 15.3 Å². The Hall–Kier alpha value is -2.42. The van der Waals surface area contributed by atoms with Crippen LogP contribution in [0, 0.1) is 0 Å². The normalized spacial score (nSPS) is 10.7. The van der Waals surface area contributed by atoms with Crippen molar-refractivity contribution >= 4 is 16.6 Å². The minimum atomic E-state index is -0.0404. The summed E-state index contributed by atoms with van der Waals surface area (Å²) in [4.78, 5) is 16.3. The third-order valence-corrected chi connectivity index (χ3v) is 2.95. The van der Waals surface area contributed by atoms with Crippen LogP contribution in [0.4, 0.5) is 0 Å². The molecule has 1 heterocycles. The number of carbonyl (C=O) groups is 1. The van der Waals surface area contributed by atoms with Gasteiger partial charge >= 0.3 is 0 Å². The quantitative estimate of drug-likeness (QED) is 0.641. The maximum Gasteiger partial charge on any atom is 0.212 e. The molecule has 0 saturated heterocycles. The van der Waals surface area contributed by atoms with Gasteiger partial charge in [-0.05, 0) is 16.8 Å². The molecule has 0 unspecified atom stereocenters. The minimum absolute atomic E-state index is 0.0404. The maximum absolute atomic E-state index is 12.2. The molecule has 0 radical (unpaired) electrons. The zero-order chi connectivity index (χ0) is 12.5. The molecule has 88 valence electrons. The van der Waals surface area contributed by atoms with E-state index in [1.165, 1.54) is 0 Å². The van der Waals surface area contributed by atoms with E-state index in [-0.39, 0.29) is 5.78 Å². The topological polar surface area (TPSA) is 34.9 Å². The number of carbonyl (C=O) groups excluding carboxylic acids is 1. The van der Waals surface area contributed by atoms with Gasteiger partial charge in [-0.25, -0.2) is 4.98 Å². The van der Waals surface area contributed by atoms with Gasteiger partial charge in [-0.15, -0.1) is 0 Å². The summed E-state index contributed by atoms with van der Waals surface area (Å²) in [5, 5.41) is 2.20. The van der Waals surface area contributed by atoms with Gasteiger partial charge < -0.3 is 4.57 Å². The lowest BCUT2D eigenvalue weighted by Crippen LogP contribution is -2.01. The van der Waals surface area contributed by atoms with Crippen molar-refractivity contribution in [2.45, 2.75) is 0 Å². The molecular weight excluding hydrogens is 224 g/mol. The minimum Gasteiger partial charge on any atom is -0.340 e. The average molecular weight is 236 g/mol. The summed E-state index contributed by atoms with van der Waals surface area (Å²) in [5.74, 6) is -0.0404. The number of nitrogens with zero attached hydrogens (tertiary/aromatic N) is 2. The Bertz CT molecular complexity index is 728. The van der Waals surface area contributed by atoms with Crippen molar-refractivity contribution in [3.05, 3.63) is 66.2 Å². The monoisotopic (exact) mass is 236 g/mol. The second-order valence-corrected chi connectivity index (χ2v) is 4.32. The lowest BCUT2D eigenvalue weighted by Gasteiger charge is -2.01. The van der Waals surface area contributed by atoms with Gasteiger partial charge in [0.05, 0.1) is 6.33 Å². The summed E-state index contributed by atoms with van der Waals surface area (Å²) in [7, 11) is 1.85. The molecule has 3 heteroatoms. The molecule has 0 saturated carbocycles. The molecule has 1 aromatic heterocycles. The fourth-order valence-corrected chi connectivity index (χ4v) is 2.01. The first-order valence-electron chi connectivity index (χ1n) is 5.75. The van der Waals surface area contributed by atoms with Crippen LogP contribution in [-0.2, 0) is 7.05 Å². The van der Waals surface area contributed by atoms with Gasteiger partial charge in [-0.1, -0.05) is 36.4 Å². The molecule has 18 heavy (non-hydrogen) atoms. The molecule has 3 aromatic rings. The van der Waals surface area contributed by atoms with Crippen LogP contribution >= 0.6 is 0 Å². The summed E-state index contributed by atoms with van der Waals surface area (Å²) in [5.41, 5.74) is 1.15. The second kappa shape index (κ2) is 4.11. The maximum atomic E-state index is 12.2. The number of imidazole rings is 1. The van der Waals surface area contributed by atoms with Gasteiger partial charge in [0.15, 0.2) is 0 Å². The molecule has 0 N–H and O–H groups in total.